The molecule has 0 spiro atoms. The van der Waals surface area contributed by atoms with Gasteiger partial charge in [0.1, 0.15) is 0 Å². The van der Waals surface area contributed by atoms with Crippen LogP contribution in [-0.4, -0.2) is 37.4 Å². The van der Waals surface area contributed by atoms with E-state index in [0.29, 0.717) is 19.6 Å². The summed E-state index contributed by atoms with van der Waals surface area (Å²) in [5, 5.41) is 0. The highest BCUT2D eigenvalue weighted by Gasteiger charge is 2.57. The second kappa shape index (κ2) is 17.4. The van der Waals surface area contributed by atoms with Crippen LogP contribution in [0.15, 0.2) is 0 Å². The standard InChI is InChI=1S/C30H54O5/c1-23(2)17-13-9-5-7-11-15-21-33-29(31)25-19-20-26-28(35-26)27(25)30(32)34-22-16-12-8-6-10-14-18-24(3)4/h23-28H,5-22H2,1-4H3. The molecule has 2 fully saturated rings. The van der Waals surface area contributed by atoms with E-state index in [1.54, 1.807) is 0 Å². The maximum atomic E-state index is 12.8. The van der Waals surface area contributed by atoms with Crippen LogP contribution >= 0.6 is 0 Å². The average Bonchev–Trinajstić information content (AvgIpc) is 3.60. The van der Waals surface area contributed by atoms with Gasteiger partial charge in [-0.15, -0.1) is 0 Å². The molecule has 35 heavy (non-hydrogen) atoms. The minimum Gasteiger partial charge on any atom is -0.465 e. The zero-order chi connectivity index (χ0) is 25.5. The Morgan fingerprint density at radius 3 is 1.63 bits per heavy atom. The van der Waals surface area contributed by atoms with Crippen molar-refractivity contribution in [1.82, 2.24) is 0 Å². The average molecular weight is 495 g/mol. The summed E-state index contributed by atoms with van der Waals surface area (Å²) in [5.74, 6) is 0.179. The van der Waals surface area contributed by atoms with Crippen LogP contribution in [-0.2, 0) is 23.8 Å². The first kappa shape index (κ1) is 30.1. The van der Waals surface area contributed by atoms with Gasteiger partial charge in [0, 0.05) is 0 Å². The molecule has 0 aromatic heterocycles. The lowest BCUT2D eigenvalue weighted by molar-refractivity contribution is -0.162. The lowest BCUT2D eigenvalue weighted by Crippen LogP contribution is -2.39. The fourth-order valence-electron chi connectivity index (χ4n) is 5.29. The molecular formula is C30H54O5. The molecule has 5 heteroatoms. The highest BCUT2D eigenvalue weighted by Crippen LogP contribution is 2.45. The molecular weight excluding hydrogens is 440 g/mol. The Labute approximate surface area is 215 Å². The number of unbranched alkanes of at least 4 members (excludes halogenated alkanes) is 10. The van der Waals surface area contributed by atoms with Crippen LogP contribution in [0.25, 0.3) is 0 Å². The Morgan fingerprint density at radius 2 is 1.11 bits per heavy atom. The van der Waals surface area contributed by atoms with E-state index in [-0.39, 0.29) is 24.1 Å². The van der Waals surface area contributed by atoms with Crippen molar-refractivity contribution in [2.45, 2.75) is 143 Å². The van der Waals surface area contributed by atoms with Crippen molar-refractivity contribution >= 4 is 11.9 Å². The smallest absolute Gasteiger partial charge is 0.312 e. The molecule has 4 atom stereocenters. The predicted molar refractivity (Wildman–Crippen MR) is 141 cm³/mol. The molecule has 1 heterocycles. The van der Waals surface area contributed by atoms with Crippen molar-refractivity contribution in [3.8, 4) is 0 Å². The van der Waals surface area contributed by atoms with E-state index < -0.39 is 11.8 Å². The summed E-state index contributed by atoms with van der Waals surface area (Å²) in [5.41, 5.74) is 0. The monoisotopic (exact) mass is 494 g/mol. The minimum atomic E-state index is -0.488. The van der Waals surface area contributed by atoms with Gasteiger partial charge < -0.3 is 14.2 Å². The summed E-state index contributed by atoms with van der Waals surface area (Å²) >= 11 is 0. The molecule has 1 saturated heterocycles. The molecule has 0 radical (unpaired) electrons. The van der Waals surface area contributed by atoms with Gasteiger partial charge in [-0.3, -0.25) is 9.59 Å². The Morgan fingerprint density at radius 1 is 0.657 bits per heavy atom. The van der Waals surface area contributed by atoms with Crippen LogP contribution in [0, 0.1) is 23.7 Å². The molecule has 0 aromatic rings. The fraction of sp³-hybridized carbons (Fsp3) is 0.933. The molecule has 1 aliphatic heterocycles. The highest BCUT2D eigenvalue weighted by molar-refractivity contribution is 5.83. The summed E-state index contributed by atoms with van der Waals surface area (Å²) in [6.45, 7) is 10.00. The van der Waals surface area contributed by atoms with Crippen LogP contribution in [0.5, 0.6) is 0 Å². The summed E-state index contributed by atoms with van der Waals surface area (Å²) in [4.78, 5) is 25.6. The first-order valence-corrected chi connectivity index (χ1v) is 14.9. The van der Waals surface area contributed by atoms with E-state index in [2.05, 4.69) is 27.7 Å². The normalized spacial score (nSPS) is 23.4. The molecule has 0 amide bonds. The first-order valence-electron chi connectivity index (χ1n) is 14.9. The van der Waals surface area contributed by atoms with E-state index in [0.717, 1.165) is 43.9 Å². The molecule has 0 bridgehead atoms. The van der Waals surface area contributed by atoms with Crippen molar-refractivity contribution in [2.24, 2.45) is 23.7 Å². The maximum Gasteiger partial charge on any atom is 0.312 e. The number of ether oxygens (including phenoxy) is 3. The molecule has 2 aliphatic rings. The zero-order valence-corrected chi connectivity index (χ0v) is 23.2. The quantitative estimate of drug-likeness (QED) is 0.0988. The SMILES string of the molecule is CC(C)CCCCCCCCOC(=O)C1CCC2OC2C1C(=O)OCCCCCCCCC(C)C. The van der Waals surface area contributed by atoms with Gasteiger partial charge in [-0.25, -0.2) is 0 Å². The third kappa shape index (κ3) is 12.6. The van der Waals surface area contributed by atoms with E-state index in [1.807, 2.05) is 0 Å². The van der Waals surface area contributed by atoms with Gasteiger partial charge >= 0.3 is 11.9 Å². The Bertz CT molecular complexity index is 587. The number of rotatable bonds is 20. The van der Waals surface area contributed by atoms with E-state index in [9.17, 15) is 9.59 Å². The number of epoxide rings is 1. The summed E-state index contributed by atoms with van der Waals surface area (Å²) < 4.78 is 16.9. The molecule has 4 unspecified atom stereocenters. The topological polar surface area (TPSA) is 65.1 Å². The number of hydrogen-bond acceptors (Lipinski definition) is 5. The maximum absolute atomic E-state index is 12.8. The lowest BCUT2D eigenvalue weighted by atomic mass is 9.79. The Hall–Kier alpha value is -1.10. The number of carbonyl (C=O) groups excluding carboxylic acids is 2. The Balaban J connectivity index is 1.57. The summed E-state index contributed by atoms with van der Waals surface area (Å²) in [6.07, 6.45) is 18.2. The van der Waals surface area contributed by atoms with Gasteiger partial charge in [-0.05, 0) is 37.5 Å². The van der Waals surface area contributed by atoms with Gasteiger partial charge in [0.25, 0.3) is 0 Å². The van der Waals surface area contributed by atoms with Crippen LogP contribution in [0.3, 0.4) is 0 Å². The van der Waals surface area contributed by atoms with E-state index >= 15 is 0 Å². The molecule has 0 N–H and O–H groups in total. The van der Waals surface area contributed by atoms with E-state index in [4.69, 9.17) is 14.2 Å². The first-order chi connectivity index (χ1) is 16.9. The van der Waals surface area contributed by atoms with E-state index in [1.165, 1.54) is 64.2 Å². The zero-order valence-electron chi connectivity index (χ0n) is 23.2. The van der Waals surface area contributed by atoms with Crippen molar-refractivity contribution in [3.63, 3.8) is 0 Å². The summed E-state index contributed by atoms with van der Waals surface area (Å²) in [7, 11) is 0. The second-order valence-corrected chi connectivity index (χ2v) is 11.8. The third-order valence-corrected chi connectivity index (χ3v) is 7.59. The minimum absolute atomic E-state index is 0.123. The van der Waals surface area contributed by atoms with Crippen molar-refractivity contribution in [2.75, 3.05) is 13.2 Å². The number of hydrogen-bond donors (Lipinski definition) is 0. The van der Waals surface area contributed by atoms with Gasteiger partial charge in [-0.2, -0.15) is 0 Å². The number of carbonyl (C=O) groups is 2. The van der Waals surface area contributed by atoms with Crippen molar-refractivity contribution < 1.29 is 23.8 Å². The van der Waals surface area contributed by atoms with Gasteiger partial charge in [0.05, 0.1) is 37.3 Å². The number of fused-ring (bicyclic) bond motifs is 1. The highest BCUT2D eigenvalue weighted by atomic mass is 16.6. The van der Waals surface area contributed by atoms with Crippen molar-refractivity contribution in [3.05, 3.63) is 0 Å². The summed E-state index contributed by atoms with van der Waals surface area (Å²) in [6, 6.07) is 0. The van der Waals surface area contributed by atoms with Crippen molar-refractivity contribution in [1.29, 1.82) is 0 Å². The van der Waals surface area contributed by atoms with Gasteiger partial charge in [-0.1, -0.05) is 105 Å². The number of esters is 2. The van der Waals surface area contributed by atoms with Gasteiger partial charge in [0.2, 0.25) is 0 Å². The molecule has 1 saturated carbocycles. The molecule has 5 nitrogen and oxygen atoms in total. The molecule has 1 aliphatic carbocycles. The molecule has 204 valence electrons. The lowest BCUT2D eigenvalue weighted by Gasteiger charge is -2.26. The Kier molecular flexibility index (Phi) is 15.0. The molecule has 2 rings (SSSR count). The van der Waals surface area contributed by atoms with Crippen LogP contribution in [0.4, 0.5) is 0 Å². The third-order valence-electron chi connectivity index (χ3n) is 7.59. The van der Waals surface area contributed by atoms with Crippen LogP contribution in [0.1, 0.15) is 130 Å². The second-order valence-electron chi connectivity index (χ2n) is 11.8. The predicted octanol–water partition coefficient (Wildman–Crippen LogP) is 7.64. The van der Waals surface area contributed by atoms with Crippen LogP contribution < -0.4 is 0 Å². The van der Waals surface area contributed by atoms with Crippen LogP contribution in [0.2, 0.25) is 0 Å². The molecule has 0 aromatic carbocycles. The largest absolute Gasteiger partial charge is 0.465 e. The van der Waals surface area contributed by atoms with Gasteiger partial charge in [0.15, 0.2) is 0 Å². The fourth-order valence-corrected chi connectivity index (χ4v) is 5.29.